The predicted molar refractivity (Wildman–Crippen MR) is 71.2 cm³/mol. The molecule has 2 unspecified atom stereocenters. The fourth-order valence-corrected chi connectivity index (χ4v) is 2.37. The smallest absolute Gasteiger partial charge is 0.248 e. The van der Waals surface area contributed by atoms with Crippen LogP contribution in [0.3, 0.4) is 0 Å². The van der Waals surface area contributed by atoms with E-state index in [-0.39, 0.29) is 6.10 Å². The molecule has 5 nitrogen and oxygen atoms in total. The summed E-state index contributed by atoms with van der Waals surface area (Å²) in [5.74, 6) is 0.00221. The molecular formula is C13H19N3O2. The number of carbonyl (C=O) groups excluding carboxylic acids is 1. The summed E-state index contributed by atoms with van der Waals surface area (Å²) < 4.78 is 0. The Balaban J connectivity index is 1.95. The molecule has 1 aliphatic carbocycles. The van der Waals surface area contributed by atoms with Gasteiger partial charge in [-0.1, -0.05) is 0 Å². The molecular weight excluding hydrogens is 230 g/mol. The number of aliphatic hydroxyl groups excluding tert-OH is 1. The van der Waals surface area contributed by atoms with Crippen molar-refractivity contribution in [2.24, 2.45) is 11.7 Å². The molecule has 1 aromatic rings. The van der Waals surface area contributed by atoms with Crippen molar-refractivity contribution in [1.82, 2.24) is 0 Å². The van der Waals surface area contributed by atoms with Crippen LogP contribution in [0.25, 0.3) is 0 Å². The highest BCUT2D eigenvalue weighted by atomic mass is 16.3. The van der Waals surface area contributed by atoms with E-state index in [0.29, 0.717) is 17.2 Å². The van der Waals surface area contributed by atoms with Gasteiger partial charge in [-0.05, 0) is 43.4 Å². The number of amides is 1. The van der Waals surface area contributed by atoms with Gasteiger partial charge in [-0.25, -0.2) is 0 Å². The molecule has 1 amide bonds. The minimum Gasteiger partial charge on any atom is -0.397 e. The number of benzene rings is 1. The van der Waals surface area contributed by atoms with Crippen molar-refractivity contribution < 1.29 is 9.90 Å². The van der Waals surface area contributed by atoms with Gasteiger partial charge in [-0.15, -0.1) is 0 Å². The summed E-state index contributed by atoms with van der Waals surface area (Å²) in [6, 6.07) is 5.00. The second-order valence-corrected chi connectivity index (χ2v) is 4.88. The molecule has 0 heterocycles. The number of nitrogen functional groups attached to an aromatic ring is 1. The Hall–Kier alpha value is -1.75. The summed E-state index contributed by atoms with van der Waals surface area (Å²) >= 11 is 0. The van der Waals surface area contributed by atoms with Gasteiger partial charge in [0.05, 0.1) is 17.5 Å². The molecule has 0 radical (unpaired) electrons. The Labute approximate surface area is 106 Å². The van der Waals surface area contributed by atoms with Crippen LogP contribution < -0.4 is 16.8 Å². The highest BCUT2D eigenvalue weighted by Crippen LogP contribution is 2.27. The summed E-state index contributed by atoms with van der Waals surface area (Å²) in [6.07, 6.45) is 2.59. The maximum atomic E-state index is 11.0. The molecule has 0 saturated heterocycles. The molecule has 6 N–H and O–H groups in total. The zero-order chi connectivity index (χ0) is 13.1. The van der Waals surface area contributed by atoms with Crippen molar-refractivity contribution in [3.05, 3.63) is 23.8 Å². The quantitative estimate of drug-likeness (QED) is 0.596. The lowest BCUT2D eigenvalue weighted by molar-refractivity contribution is 0.100. The van der Waals surface area contributed by atoms with E-state index in [1.165, 1.54) is 0 Å². The molecule has 2 rings (SSSR count). The fraction of sp³-hybridized carbons (Fsp3) is 0.462. The number of anilines is 2. The number of aliphatic hydroxyl groups is 1. The number of hydrogen-bond donors (Lipinski definition) is 4. The highest BCUT2D eigenvalue weighted by Gasteiger charge is 2.22. The molecule has 1 aliphatic rings. The number of primary amides is 1. The van der Waals surface area contributed by atoms with Crippen molar-refractivity contribution in [2.45, 2.75) is 25.4 Å². The highest BCUT2D eigenvalue weighted by molar-refractivity contribution is 5.94. The summed E-state index contributed by atoms with van der Waals surface area (Å²) in [4.78, 5) is 11.0. The molecule has 0 bridgehead atoms. The second-order valence-electron chi connectivity index (χ2n) is 4.88. The van der Waals surface area contributed by atoms with E-state index in [1.54, 1.807) is 18.2 Å². The molecule has 18 heavy (non-hydrogen) atoms. The number of carbonyl (C=O) groups is 1. The van der Waals surface area contributed by atoms with Gasteiger partial charge in [-0.3, -0.25) is 4.79 Å². The van der Waals surface area contributed by atoms with Crippen LogP contribution in [0.1, 0.15) is 29.6 Å². The Kier molecular flexibility index (Phi) is 3.72. The van der Waals surface area contributed by atoms with Gasteiger partial charge < -0.3 is 21.9 Å². The molecule has 0 aliphatic heterocycles. The SMILES string of the molecule is NC(=O)c1ccc(NCC2CCC(O)C2)c(N)c1. The number of rotatable bonds is 4. The standard InChI is InChI=1S/C13H19N3O2/c14-11-6-9(13(15)18)2-4-12(11)16-7-8-1-3-10(17)5-8/h2,4,6,8,10,16-17H,1,3,5,7,14H2,(H2,15,18). The maximum absolute atomic E-state index is 11.0. The van der Waals surface area contributed by atoms with Crippen molar-refractivity contribution in [1.29, 1.82) is 0 Å². The lowest BCUT2D eigenvalue weighted by Gasteiger charge is -2.14. The molecule has 0 spiro atoms. The molecule has 5 heteroatoms. The molecule has 1 saturated carbocycles. The van der Waals surface area contributed by atoms with Crippen LogP contribution in [-0.2, 0) is 0 Å². The van der Waals surface area contributed by atoms with Gasteiger partial charge in [0, 0.05) is 12.1 Å². The van der Waals surface area contributed by atoms with E-state index in [4.69, 9.17) is 11.5 Å². The molecule has 2 atom stereocenters. The van der Waals surface area contributed by atoms with Gasteiger partial charge >= 0.3 is 0 Å². The first-order valence-corrected chi connectivity index (χ1v) is 6.17. The van der Waals surface area contributed by atoms with E-state index in [0.717, 1.165) is 31.5 Å². The van der Waals surface area contributed by atoms with E-state index >= 15 is 0 Å². The molecule has 1 aromatic carbocycles. The summed E-state index contributed by atoms with van der Waals surface area (Å²) in [5, 5.41) is 12.7. The van der Waals surface area contributed by atoms with Crippen LogP contribution in [0, 0.1) is 5.92 Å². The van der Waals surface area contributed by atoms with Crippen molar-refractivity contribution in [3.63, 3.8) is 0 Å². The van der Waals surface area contributed by atoms with E-state index in [9.17, 15) is 9.90 Å². The number of hydrogen-bond acceptors (Lipinski definition) is 4. The zero-order valence-electron chi connectivity index (χ0n) is 10.2. The van der Waals surface area contributed by atoms with Crippen LogP contribution in [0.2, 0.25) is 0 Å². The molecule has 1 fully saturated rings. The van der Waals surface area contributed by atoms with Crippen LogP contribution >= 0.6 is 0 Å². The van der Waals surface area contributed by atoms with Gasteiger partial charge in [0.1, 0.15) is 0 Å². The third kappa shape index (κ3) is 2.92. The first kappa shape index (κ1) is 12.7. The fourth-order valence-electron chi connectivity index (χ4n) is 2.37. The summed E-state index contributed by atoms with van der Waals surface area (Å²) in [5.41, 5.74) is 12.8. The lowest BCUT2D eigenvalue weighted by Crippen LogP contribution is -2.15. The third-order valence-electron chi connectivity index (χ3n) is 3.43. The third-order valence-corrected chi connectivity index (χ3v) is 3.43. The van der Waals surface area contributed by atoms with Crippen molar-refractivity contribution in [2.75, 3.05) is 17.6 Å². The first-order valence-electron chi connectivity index (χ1n) is 6.17. The normalized spacial score (nSPS) is 22.9. The second kappa shape index (κ2) is 5.27. The van der Waals surface area contributed by atoms with E-state index in [2.05, 4.69) is 5.32 Å². The molecule has 98 valence electrons. The van der Waals surface area contributed by atoms with Crippen LogP contribution in [0.15, 0.2) is 18.2 Å². The van der Waals surface area contributed by atoms with Crippen LogP contribution in [0.5, 0.6) is 0 Å². The average Bonchev–Trinajstić information content (AvgIpc) is 2.73. The van der Waals surface area contributed by atoms with E-state index in [1.807, 2.05) is 0 Å². The lowest BCUT2D eigenvalue weighted by atomic mass is 10.1. The minimum absolute atomic E-state index is 0.161. The largest absolute Gasteiger partial charge is 0.397 e. The predicted octanol–water partition coefficient (Wildman–Crippen LogP) is 0.941. The van der Waals surface area contributed by atoms with Crippen LogP contribution in [-0.4, -0.2) is 23.7 Å². The maximum Gasteiger partial charge on any atom is 0.248 e. The minimum atomic E-state index is -0.479. The van der Waals surface area contributed by atoms with Gasteiger partial charge in [0.15, 0.2) is 0 Å². The Morgan fingerprint density at radius 3 is 2.78 bits per heavy atom. The molecule has 0 aromatic heterocycles. The Bertz CT molecular complexity index is 448. The monoisotopic (exact) mass is 249 g/mol. The average molecular weight is 249 g/mol. The van der Waals surface area contributed by atoms with Crippen molar-refractivity contribution >= 4 is 17.3 Å². The zero-order valence-corrected chi connectivity index (χ0v) is 10.2. The van der Waals surface area contributed by atoms with Crippen molar-refractivity contribution in [3.8, 4) is 0 Å². The van der Waals surface area contributed by atoms with Gasteiger partial charge in [0.25, 0.3) is 0 Å². The van der Waals surface area contributed by atoms with Crippen LogP contribution in [0.4, 0.5) is 11.4 Å². The summed E-state index contributed by atoms with van der Waals surface area (Å²) in [6.45, 7) is 0.789. The van der Waals surface area contributed by atoms with E-state index < -0.39 is 5.91 Å². The van der Waals surface area contributed by atoms with Gasteiger partial charge in [-0.2, -0.15) is 0 Å². The Morgan fingerprint density at radius 1 is 1.44 bits per heavy atom. The topological polar surface area (TPSA) is 101 Å². The number of nitrogens with one attached hydrogen (secondary N) is 1. The Morgan fingerprint density at radius 2 is 2.22 bits per heavy atom. The first-order chi connectivity index (χ1) is 8.56. The van der Waals surface area contributed by atoms with Gasteiger partial charge in [0.2, 0.25) is 5.91 Å². The summed E-state index contributed by atoms with van der Waals surface area (Å²) in [7, 11) is 0. The number of nitrogens with two attached hydrogens (primary N) is 2.